The maximum Gasteiger partial charge on any atom is 0.349 e. The lowest BCUT2D eigenvalue weighted by Crippen LogP contribution is -2.66. The summed E-state index contributed by atoms with van der Waals surface area (Å²) in [4.78, 5) is 26.3. The first-order valence-electron chi connectivity index (χ1n) is 14.0. The molecule has 13 heteroatoms. The molecule has 0 amide bonds. The Hall–Kier alpha value is -1.91. The zero-order chi connectivity index (χ0) is 30.2. The fourth-order valence-corrected chi connectivity index (χ4v) is 11.9. The van der Waals surface area contributed by atoms with Gasteiger partial charge in [0.15, 0.2) is 37.4 Å². The van der Waals surface area contributed by atoms with Gasteiger partial charge in [-0.05, 0) is 18.1 Å². The van der Waals surface area contributed by atoms with Gasteiger partial charge in [0, 0.05) is 24.2 Å². The molecule has 4 atom stereocenters. The predicted molar refractivity (Wildman–Crippen MR) is 161 cm³/mol. The molecular weight excluding hydrogens is 545 g/mol. The van der Waals surface area contributed by atoms with Gasteiger partial charge in [0.05, 0.1) is 12.9 Å². The van der Waals surface area contributed by atoms with Crippen LogP contribution in [-0.2, 0) is 18.0 Å². The van der Waals surface area contributed by atoms with Gasteiger partial charge in [-0.15, -0.1) is 0 Å². The van der Waals surface area contributed by atoms with Crippen molar-refractivity contribution in [1.29, 1.82) is 5.41 Å². The van der Waals surface area contributed by atoms with E-state index in [9.17, 15) is 4.79 Å². The molecule has 0 bridgehead atoms. The molecule has 2 aromatic rings. The highest BCUT2D eigenvalue weighted by Gasteiger charge is 2.66. The first-order valence-corrected chi connectivity index (χ1v) is 18.7. The summed E-state index contributed by atoms with van der Waals surface area (Å²) in [7, 11) is -1.67. The Morgan fingerprint density at radius 1 is 1.15 bits per heavy atom. The second kappa shape index (κ2) is 9.84. The number of amidine groups is 1. The lowest BCUT2D eigenvalue weighted by molar-refractivity contribution is -0.0795. The lowest BCUT2D eigenvalue weighted by Gasteiger charge is -2.54. The third kappa shape index (κ3) is 5.02. The maximum absolute atomic E-state index is 13.0. The van der Waals surface area contributed by atoms with Crippen LogP contribution >= 0.6 is 0 Å². The molecule has 0 unspecified atom stereocenters. The molecule has 0 aliphatic carbocycles. The van der Waals surface area contributed by atoms with E-state index >= 15 is 0 Å². The number of rotatable bonds is 4. The zero-order valence-electron chi connectivity index (χ0n) is 26.4. The third-order valence-electron chi connectivity index (χ3n) is 8.63. The fraction of sp³-hybridized carbons (Fsp3) is 0.778. The number of nitrogens with zero attached hydrogens (tertiary/aromatic N) is 4. The summed E-state index contributed by atoms with van der Waals surface area (Å²) in [5, 5.41) is 7.94. The summed E-state index contributed by atoms with van der Waals surface area (Å²) in [5.41, 5.74) is 0.119. The molecule has 0 spiro atoms. The van der Waals surface area contributed by atoms with Gasteiger partial charge in [-0.1, -0.05) is 62.3 Å². The van der Waals surface area contributed by atoms with Crippen molar-refractivity contribution in [3.63, 3.8) is 0 Å². The number of aromatic nitrogens is 4. The minimum absolute atomic E-state index is 0.0518. The molecule has 4 rings (SSSR count). The molecule has 224 valence electrons. The largest absolute Gasteiger partial charge is 0.407 e. The summed E-state index contributed by atoms with van der Waals surface area (Å²) in [6, 6.07) is 0. The Morgan fingerprint density at radius 3 is 2.27 bits per heavy atom. The quantitative estimate of drug-likeness (QED) is 0.296. The lowest BCUT2D eigenvalue weighted by atomic mass is 10.1. The van der Waals surface area contributed by atoms with E-state index in [1.54, 1.807) is 29.9 Å². The molecule has 2 saturated heterocycles. The van der Waals surface area contributed by atoms with Crippen molar-refractivity contribution < 1.29 is 18.0 Å². The Morgan fingerprint density at radius 2 is 1.75 bits per heavy atom. The average Bonchev–Trinajstić information content (AvgIpc) is 3.37. The van der Waals surface area contributed by atoms with Crippen LogP contribution in [0.15, 0.2) is 11.1 Å². The SMILES string of the molecule is CN(C)C(=N)c1nc2c(ncn2[C@@H]2O[C@@H]3CO[Si](C(C)(C)C)(C(C)(C)C)O[C@H]3[C@H]2O[Si](C)(C)C(C)(C)C)c(=O)[nH]1. The van der Waals surface area contributed by atoms with Crippen LogP contribution in [0.25, 0.3) is 11.2 Å². The van der Waals surface area contributed by atoms with E-state index in [1.807, 2.05) is 0 Å². The number of imidazole rings is 1. The second-order valence-corrected chi connectivity index (χ2v) is 24.4. The number of hydrogen-bond acceptors (Lipinski definition) is 8. The van der Waals surface area contributed by atoms with Crippen molar-refractivity contribution in [2.45, 2.75) is 115 Å². The molecule has 40 heavy (non-hydrogen) atoms. The van der Waals surface area contributed by atoms with E-state index in [0.717, 1.165) is 0 Å². The van der Waals surface area contributed by atoms with Crippen LogP contribution in [0.2, 0.25) is 28.2 Å². The molecule has 2 aliphatic heterocycles. The minimum atomic E-state index is -2.82. The highest BCUT2D eigenvalue weighted by Crippen LogP contribution is 2.56. The van der Waals surface area contributed by atoms with Gasteiger partial charge < -0.3 is 27.9 Å². The molecule has 2 fully saturated rings. The summed E-state index contributed by atoms with van der Waals surface area (Å²) in [5.74, 6) is 0.248. The van der Waals surface area contributed by atoms with E-state index in [4.69, 9.17) is 23.4 Å². The first kappa shape index (κ1) is 31.0. The van der Waals surface area contributed by atoms with E-state index in [1.165, 1.54) is 0 Å². The van der Waals surface area contributed by atoms with Crippen molar-refractivity contribution in [1.82, 2.24) is 24.4 Å². The van der Waals surface area contributed by atoms with Crippen LogP contribution in [-0.4, -0.2) is 86.1 Å². The monoisotopic (exact) mass is 592 g/mol. The van der Waals surface area contributed by atoms with Gasteiger partial charge in [0.1, 0.15) is 18.3 Å². The van der Waals surface area contributed by atoms with Crippen molar-refractivity contribution in [3.8, 4) is 0 Å². The fourth-order valence-electron chi connectivity index (χ4n) is 5.62. The summed E-state index contributed by atoms with van der Waals surface area (Å²) >= 11 is 0. The molecular formula is C27H48N6O5Si2. The molecule has 2 N–H and O–H groups in total. The smallest absolute Gasteiger partial charge is 0.349 e. The maximum atomic E-state index is 13.0. The van der Waals surface area contributed by atoms with Crippen molar-refractivity contribution >= 4 is 33.9 Å². The van der Waals surface area contributed by atoms with E-state index in [-0.39, 0.29) is 44.5 Å². The Bertz CT molecular complexity index is 1320. The number of aromatic amines is 1. The number of ether oxygens (including phenoxy) is 1. The molecule has 0 radical (unpaired) electrons. The Kier molecular flexibility index (Phi) is 7.63. The van der Waals surface area contributed by atoms with Crippen LogP contribution in [0.4, 0.5) is 0 Å². The molecule has 11 nitrogen and oxygen atoms in total. The van der Waals surface area contributed by atoms with Gasteiger partial charge in [-0.2, -0.15) is 0 Å². The van der Waals surface area contributed by atoms with Crippen LogP contribution in [0, 0.1) is 5.41 Å². The molecule has 0 saturated carbocycles. The highest BCUT2D eigenvalue weighted by molar-refractivity contribution is 6.74. The second-order valence-electron chi connectivity index (χ2n) is 14.9. The van der Waals surface area contributed by atoms with E-state index < -0.39 is 34.8 Å². The molecule has 4 heterocycles. The van der Waals surface area contributed by atoms with Crippen molar-refractivity contribution in [2.24, 2.45) is 0 Å². The number of fused-ring (bicyclic) bond motifs is 2. The summed E-state index contributed by atoms with van der Waals surface area (Å²) < 4.78 is 29.5. The van der Waals surface area contributed by atoms with Crippen LogP contribution < -0.4 is 5.56 Å². The standard InChI is InChI=1S/C27H48N6O5Si2/c1-25(2,3)39(12,13)37-19-18-16(14-35-40(38-18,26(4,5)6)27(7,8)9)36-24(19)33-15-29-17-22(33)30-21(31-23(17)34)20(28)32(10)11/h15-16,18-19,24,28H,14H2,1-13H3,(H,30,31,34)/t16-,18-,19-,24-/m1/s1. The van der Waals surface area contributed by atoms with Crippen molar-refractivity contribution in [2.75, 3.05) is 20.7 Å². The average molecular weight is 593 g/mol. The number of H-pyrrole nitrogens is 1. The van der Waals surface area contributed by atoms with E-state index in [2.05, 4.69) is 90.4 Å². The van der Waals surface area contributed by atoms with Crippen LogP contribution in [0.1, 0.15) is 74.4 Å². The Labute approximate surface area is 239 Å². The minimum Gasteiger partial charge on any atom is -0.407 e. The predicted octanol–water partition coefficient (Wildman–Crippen LogP) is 4.75. The van der Waals surface area contributed by atoms with Gasteiger partial charge in [0.25, 0.3) is 5.56 Å². The van der Waals surface area contributed by atoms with Gasteiger partial charge >= 0.3 is 8.56 Å². The third-order valence-corrected chi connectivity index (χ3v) is 18.2. The van der Waals surface area contributed by atoms with Gasteiger partial charge in [0.2, 0.25) is 0 Å². The van der Waals surface area contributed by atoms with Crippen LogP contribution in [0.5, 0.6) is 0 Å². The van der Waals surface area contributed by atoms with Crippen LogP contribution in [0.3, 0.4) is 0 Å². The highest BCUT2D eigenvalue weighted by atomic mass is 28.4. The summed E-state index contributed by atoms with van der Waals surface area (Å²) in [6.45, 7) is 24.7. The van der Waals surface area contributed by atoms with E-state index in [0.29, 0.717) is 12.3 Å². The summed E-state index contributed by atoms with van der Waals surface area (Å²) in [6.07, 6.45) is -0.250. The zero-order valence-corrected chi connectivity index (χ0v) is 28.4. The molecule has 2 aliphatic rings. The molecule has 0 aromatic carbocycles. The van der Waals surface area contributed by atoms with Crippen molar-refractivity contribution in [3.05, 3.63) is 22.5 Å². The Balaban J connectivity index is 1.87. The molecule has 2 aromatic heterocycles. The van der Waals surface area contributed by atoms with Gasteiger partial charge in [-0.25, -0.2) is 9.97 Å². The normalized spacial score (nSPS) is 25.7. The van der Waals surface area contributed by atoms with Gasteiger partial charge in [-0.3, -0.25) is 14.8 Å². The topological polar surface area (TPSA) is 128 Å². The number of hydrogen-bond donors (Lipinski definition) is 2. The number of nitrogens with one attached hydrogen (secondary N) is 2. The first-order chi connectivity index (χ1) is 18.1.